The lowest BCUT2D eigenvalue weighted by Crippen LogP contribution is -1.84. The Morgan fingerprint density at radius 3 is 1.95 bits per heavy atom. The molecule has 1 atom stereocenters. The zero-order chi connectivity index (χ0) is 14.5. The highest BCUT2D eigenvalue weighted by molar-refractivity contribution is 8.10. The van der Waals surface area contributed by atoms with Gasteiger partial charge in [-0.1, -0.05) is 41.6 Å². The van der Waals surface area contributed by atoms with Gasteiger partial charge in [-0.25, -0.2) is 0 Å². The molecule has 0 fully saturated rings. The molecule has 0 N–H and O–H groups in total. The molecule has 0 bridgehead atoms. The van der Waals surface area contributed by atoms with Crippen molar-refractivity contribution in [2.24, 2.45) is 0 Å². The molecule has 0 aliphatic heterocycles. The normalized spacial score (nSPS) is 12.2. The molecule has 0 nitrogen and oxygen atoms in total. The summed E-state index contributed by atoms with van der Waals surface area (Å²) in [5.41, 5.74) is 1.78. The summed E-state index contributed by atoms with van der Waals surface area (Å²) in [7, 11) is -2.44. The van der Waals surface area contributed by atoms with Gasteiger partial charge in [0.25, 0.3) is 0 Å². The van der Waals surface area contributed by atoms with Crippen molar-refractivity contribution in [3.8, 4) is 0 Å². The summed E-state index contributed by atoms with van der Waals surface area (Å²) in [5, 5.41) is -2.14. The van der Waals surface area contributed by atoms with E-state index >= 15 is 0 Å². The van der Waals surface area contributed by atoms with Crippen LogP contribution in [0, 0.1) is 6.92 Å². The fraction of sp³-hybridized carbons (Fsp3) is 0.133. The van der Waals surface area contributed by atoms with Crippen molar-refractivity contribution in [3.05, 3.63) is 59.7 Å². The number of hydrogen-bond donors (Lipinski definition) is 0. The average Bonchev–Trinajstić information content (AvgIpc) is 2.43. The van der Waals surface area contributed by atoms with Gasteiger partial charge in [0.15, 0.2) is 0 Å². The van der Waals surface area contributed by atoms with Gasteiger partial charge in [-0.2, -0.15) is 12.7 Å². The predicted octanol–water partition coefficient (Wildman–Crippen LogP) is 5.83. The van der Waals surface area contributed by atoms with Crippen LogP contribution in [0.25, 0.3) is 0 Å². The molecule has 106 valence electrons. The molecule has 0 aliphatic carbocycles. The van der Waals surface area contributed by atoms with Crippen molar-refractivity contribution in [1.82, 2.24) is 0 Å². The lowest BCUT2D eigenvalue weighted by molar-refractivity contribution is 0.638. The number of benzene rings is 2. The summed E-state index contributed by atoms with van der Waals surface area (Å²) in [4.78, 5) is 2.11. The fourth-order valence-electron chi connectivity index (χ4n) is 1.60. The van der Waals surface area contributed by atoms with Gasteiger partial charge in [0.05, 0.1) is 10.9 Å². The Kier molecular flexibility index (Phi) is 5.31. The van der Waals surface area contributed by atoms with Crippen LogP contribution in [0.15, 0.2) is 58.3 Å². The van der Waals surface area contributed by atoms with E-state index in [1.807, 2.05) is 43.3 Å². The van der Waals surface area contributed by atoms with Crippen molar-refractivity contribution < 1.29 is 12.7 Å². The highest BCUT2D eigenvalue weighted by Crippen LogP contribution is 2.30. The monoisotopic (exact) mass is 314 g/mol. The second kappa shape index (κ2) is 6.99. The predicted molar refractivity (Wildman–Crippen MR) is 81.4 cm³/mol. The fourth-order valence-corrected chi connectivity index (χ4v) is 3.01. The highest BCUT2D eigenvalue weighted by Gasteiger charge is 2.05. The maximum Gasteiger partial charge on any atom is 0.324 e. The topological polar surface area (TPSA) is 0 Å². The van der Waals surface area contributed by atoms with Crippen molar-refractivity contribution in [2.45, 2.75) is 22.5 Å². The minimum atomic E-state index is -2.44. The molecule has 0 spiro atoms. The number of rotatable bonds is 4. The molecule has 0 aliphatic rings. The largest absolute Gasteiger partial charge is 0.324 e. The molecule has 0 saturated carbocycles. The average molecular weight is 314 g/mol. The first-order chi connectivity index (χ1) is 9.54. The van der Waals surface area contributed by atoms with E-state index in [9.17, 15) is 12.7 Å². The third-order valence-corrected chi connectivity index (χ3v) is 4.58. The SMILES string of the molecule is Cc1ccc(Sc2ccc(CS(F)=C(F)F)cc2)cc1. The molecular formula is C15H13F3S2. The summed E-state index contributed by atoms with van der Waals surface area (Å²) in [6.45, 7) is 2.03. The summed E-state index contributed by atoms with van der Waals surface area (Å²) in [5.74, 6) is -0.252. The van der Waals surface area contributed by atoms with E-state index < -0.39 is 16.2 Å². The molecule has 2 aromatic rings. The van der Waals surface area contributed by atoms with Gasteiger partial charge in [0.2, 0.25) is 0 Å². The van der Waals surface area contributed by atoms with E-state index in [1.165, 1.54) is 5.56 Å². The van der Waals surface area contributed by atoms with Gasteiger partial charge >= 0.3 is 5.37 Å². The van der Waals surface area contributed by atoms with E-state index in [0.29, 0.717) is 5.56 Å². The first-order valence-corrected chi connectivity index (χ1v) is 8.04. The molecule has 2 rings (SSSR count). The number of halogens is 3. The van der Waals surface area contributed by atoms with Crippen molar-refractivity contribution in [2.75, 3.05) is 0 Å². The van der Waals surface area contributed by atoms with Crippen molar-refractivity contribution >= 4 is 28.0 Å². The molecule has 0 amide bonds. The second-order valence-electron chi connectivity index (χ2n) is 4.26. The Labute approximate surface area is 123 Å². The van der Waals surface area contributed by atoms with Gasteiger partial charge in [-0.3, -0.25) is 0 Å². The maximum atomic E-state index is 12.9. The van der Waals surface area contributed by atoms with Gasteiger partial charge < -0.3 is 0 Å². The van der Waals surface area contributed by atoms with Crippen LogP contribution in [0.1, 0.15) is 11.1 Å². The molecule has 1 unspecified atom stereocenters. The van der Waals surface area contributed by atoms with Crippen LogP contribution < -0.4 is 0 Å². The Morgan fingerprint density at radius 2 is 1.45 bits per heavy atom. The smallest absolute Gasteiger partial charge is 0.168 e. The highest BCUT2D eigenvalue weighted by atomic mass is 32.2. The third-order valence-electron chi connectivity index (χ3n) is 2.64. The zero-order valence-corrected chi connectivity index (χ0v) is 12.4. The van der Waals surface area contributed by atoms with E-state index in [-0.39, 0.29) is 5.75 Å². The Morgan fingerprint density at radius 1 is 0.950 bits per heavy atom. The van der Waals surface area contributed by atoms with E-state index in [4.69, 9.17) is 0 Å². The zero-order valence-electron chi connectivity index (χ0n) is 10.8. The molecule has 0 heterocycles. The Balaban J connectivity index is 2.05. The van der Waals surface area contributed by atoms with Gasteiger partial charge in [-0.15, -0.1) is 0 Å². The third kappa shape index (κ3) is 4.42. The summed E-state index contributed by atoms with van der Waals surface area (Å²) < 4.78 is 37.1. The van der Waals surface area contributed by atoms with E-state index in [2.05, 4.69) is 0 Å². The van der Waals surface area contributed by atoms with Crippen LogP contribution in [0.2, 0.25) is 0 Å². The molecule has 0 aromatic heterocycles. The summed E-state index contributed by atoms with van der Waals surface area (Å²) in [6.07, 6.45) is 0. The molecule has 2 aromatic carbocycles. The molecule has 0 radical (unpaired) electrons. The first kappa shape index (κ1) is 15.2. The molecule has 5 heteroatoms. The second-order valence-corrected chi connectivity index (χ2v) is 6.67. The summed E-state index contributed by atoms with van der Waals surface area (Å²) >= 11 is 1.59. The van der Waals surface area contributed by atoms with E-state index in [1.54, 1.807) is 23.9 Å². The van der Waals surface area contributed by atoms with Crippen LogP contribution >= 0.6 is 22.6 Å². The van der Waals surface area contributed by atoms with Crippen LogP contribution in [0.5, 0.6) is 0 Å². The van der Waals surface area contributed by atoms with Crippen LogP contribution in [-0.2, 0) is 5.75 Å². The minimum Gasteiger partial charge on any atom is -0.168 e. The van der Waals surface area contributed by atoms with Gasteiger partial charge in [0, 0.05) is 15.5 Å². The number of aryl methyl sites for hydroxylation is 1. The Hall–Kier alpha value is -1.20. The quantitative estimate of drug-likeness (QED) is 0.505. The maximum absolute atomic E-state index is 12.9. The van der Waals surface area contributed by atoms with Gasteiger partial charge in [0.1, 0.15) is 0 Å². The lowest BCUT2D eigenvalue weighted by Gasteiger charge is -2.04. The van der Waals surface area contributed by atoms with Crippen molar-refractivity contribution in [1.29, 1.82) is 0 Å². The van der Waals surface area contributed by atoms with Crippen molar-refractivity contribution in [3.63, 3.8) is 0 Å². The van der Waals surface area contributed by atoms with Crippen LogP contribution in [-0.4, -0.2) is 5.37 Å². The van der Waals surface area contributed by atoms with Gasteiger partial charge in [-0.05, 0) is 36.8 Å². The molecule has 0 saturated heterocycles. The van der Waals surface area contributed by atoms with Crippen LogP contribution in [0.3, 0.4) is 0 Å². The summed E-state index contributed by atoms with van der Waals surface area (Å²) in [6, 6.07) is 15.2. The molecular weight excluding hydrogens is 301 g/mol. The lowest BCUT2D eigenvalue weighted by atomic mass is 10.2. The van der Waals surface area contributed by atoms with E-state index in [0.717, 1.165) is 9.79 Å². The first-order valence-electron chi connectivity index (χ1n) is 5.93. The van der Waals surface area contributed by atoms with Crippen LogP contribution in [0.4, 0.5) is 12.7 Å². The minimum absolute atomic E-state index is 0.252. The standard InChI is InChI=1S/C15H13F3S2/c1-11-2-6-13(7-3-11)19-14-8-4-12(5-9-14)10-20(18)15(16)17/h2-9H,10H2,1H3. The molecule has 20 heavy (non-hydrogen) atoms. The Bertz CT molecular complexity index is 600. The number of hydrogen-bond acceptors (Lipinski definition) is 1.